The SMILES string of the molecule is Cc1ccc(CCC(=O)Cc2cncc(CO)c2)c(N2CCC(C)CC2)n1. The number of hydrogen-bond acceptors (Lipinski definition) is 5. The van der Waals surface area contributed by atoms with E-state index in [0.29, 0.717) is 19.3 Å². The molecule has 5 heteroatoms. The number of pyridine rings is 2. The van der Waals surface area contributed by atoms with Crippen LogP contribution in [0.15, 0.2) is 30.6 Å². The van der Waals surface area contributed by atoms with Gasteiger partial charge in [0, 0.05) is 44.0 Å². The molecule has 1 fully saturated rings. The third-order valence-corrected chi connectivity index (χ3v) is 5.29. The maximum Gasteiger partial charge on any atom is 0.137 e. The van der Waals surface area contributed by atoms with Crippen molar-refractivity contribution in [3.05, 3.63) is 53.0 Å². The first-order valence-electron chi connectivity index (χ1n) is 9.82. The minimum atomic E-state index is -0.0537. The molecule has 0 bridgehead atoms. The molecule has 0 unspecified atom stereocenters. The second-order valence-electron chi connectivity index (χ2n) is 7.68. The highest BCUT2D eigenvalue weighted by atomic mass is 16.3. The molecule has 1 aliphatic heterocycles. The number of aliphatic hydroxyl groups is 1. The zero-order chi connectivity index (χ0) is 19.2. The lowest BCUT2D eigenvalue weighted by Crippen LogP contribution is -2.34. The number of rotatable bonds is 7. The van der Waals surface area contributed by atoms with Gasteiger partial charge in [0.05, 0.1) is 6.61 Å². The Balaban J connectivity index is 1.64. The number of nitrogens with zero attached hydrogens (tertiary/aromatic N) is 3. The molecule has 2 aromatic rings. The summed E-state index contributed by atoms with van der Waals surface area (Å²) < 4.78 is 0. The van der Waals surface area contributed by atoms with Crippen LogP contribution in [0.5, 0.6) is 0 Å². The molecule has 0 atom stereocenters. The van der Waals surface area contributed by atoms with Crippen molar-refractivity contribution < 1.29 is 9.90 Å². The fourth-order valence-electron chi connectivity index (χ4n) is 3.58. The van der Waals surface area contributed by atoms with Gasteiger partial charge in [-0.3, -0.25) is 9.78 Å². The maximum atomic E-state index is 12.5. The predicted molar refractivity (Wildman–Crippen MR) is 107 cm³/mol. The molecule has 0 radical (unpaired) electrons. The first kappa shape index (κ1) is 19.5. The average Bonchev–Trinajstić information content (AvgIpc) is 2.68. The number of carbonyl (C=O) groups is 1. The van der Waals surface area contributed by atoms with Crippen molar-refractivity contribution in [2.24, 2.45) is 5.92 Å². The Morgan fingerprint density at radius 2 is 1.96 bits per heavy atom. The van der Waals surface area contributed by atoms with Crippen LogP contribution < -0.4 is 4.90 Å². The Morgan fingerprint density at radius 1 is 1.22 bits per heavy atom. The largest absolute Gasteiger partial charge is 0.392 e. The van der Waals surface area contributed by atoms with Gasteiger partial charge in [-0.15, -0.1) is 0 Å². The maximum absolute atomic E-state index is 12.5. The van der Waals surface area contributed by atoms with Crippen LogP contribution in [-0.2, 0) is 24.2 Å². The van der Waals surface area contributed by atoms with E-state index in [9.17, 15) is 9.90 Å². The number of aromatic nitrogens is 2. The molecule has 2 aromatic heterocycles. The first-order chi connectivity index (χ1) is 13.0. The Kier molecular flexibility index (Phi) is 6.56. The van der Waals surface area contributed by atoms with Crippen LogP contribution in [0.4, 0.5) is 5.82 Å². The number of piperidine rings is 1. The summed E-state index contributed by atoms with van der Waals surface area (Å²) in [6.07, 6.45) is 7.27. The molecule has 1 saturated heterocycles. The smallest absolute Gasteiger partial charge is 0.137 e. The van der Waals surface area contributed by atoms with Crippen molar-refractivity contribution in [2.75, 3.05) is 18.0 Å². The normalized spacial score (nSPS) is 15.1. The van der Waals surface area contributed by atoms with Crippen LogP contribution in [0.2, 0.25) is 0 Å². The van der Waals surface area contributed by atoms with Crippen LogP contribution in [0, 0.1) is 12.8 Å². The molecular formula is C22H29N3O2. The molecule has 3 rings (SSSR count). The van der Waals surface area contributed by atoms with E-state index in [-0.39, 0.29) is 12.4 Å². The Labute approximate surface area is 161 Å². The molecule has 0 aliphatic carbocycles. The number of hydrogen-bond donors (Lipinski definition) is 1. The van der Waals surface area contributed by atoms with E-state index in [1.54, 1.807) is 12.4 Å². The van der Waals surface area contributed by atoms with Gasteiger partial charge in [-0.1, -0.05) is 13.0 Å². The first-order valence-corrected chi connectivity index (χ1v) is 9.82. The molecule has 0 spiro atoms. The summed E-state index contributed by atoms with van der Waals surface area (Å²) in [6, 6.07) is 6.00. The van der Waals surface area contributed by atoms with Crippen molar-refractivity contribution in [2.45, 2.75) is 52.6 Å². The van der Waals surface area contributed by atoms with Crippen LogP contribution in [0.3, 0.4) is 0 Å². The van der Waals surface area contributed by atoms with Crippen molar-refractivity contribution in [3.8, 4) is 0 Å². The van der Waals surface area contributed by atoms with E-state index >= 15 is 0 Å². The fourth-order valence-corrected chi connectivity index (χ4v) is 3.58. The van der Waals surface area contributed by atoms with Gasteiger partial charge in [-0.05, 0) is 60.9 Å². The second-order valence-corrected chi connectivity index (χ2v) is 7.68. The van der Waals surface area contributed by atoms with Gasteiger partial charge in [0.15, 0.2) is 0 Å². The highest BCUT2D eigenvalue weighted by Gasteiger charge is 2.20. The van der Waals surface area contributed by atoms with Gasteiger partial charge in [0.2, 0.25) is 0 Å². The predicted octanol–water partition coefficient (Wildman–Crippen LogP) is 3.26. The lowest BCUT2D eigenvalue weighted by atomic mass is 9.98. The summed E-state index contributed by atoms with van der Waals surface area (Å²) in [5, 5.41) is 9.20. The van der Waals surface area contributed by atoms with E-state index < -0.39 is 0 Å². The second kappa shape index (κ2) is 9.09. The molecule has 1 aliphatic rings. The highest BCUT2D eigenvalue weighted by Crippen LogP contribution is 2.26. The minimum absolute atomic E-state index is 0.0537. The number of Topliss-reactive ketones (excluding diaryl/α,β-unsaturated/α-hetero) is 1. The third-order valence-electron chi connectivity index (χ3n) is 5.29. The molecular weight excluding hydrogens is 338 g/mol. The van der Waals surface area contributed by atoms with E-state index in [0.717, 1.165) is 47.2 Å². The average molecular weight is 367 g/mol. The number of aliphatic hydroxyl groups excluding tert-OH is 1. The summed E-state index contributed by atoms with van der Waals surface area (Å²) in [4.78, 5) is 23.7. The topological polar surface area (TPSA) is 66.3 Å². The number of ketones is 1. The summed E-state index contributed by atoms with van der Waals surface area (Å²) >= 11 is 0. The fraction of sp³-hybridized carbons (Fsp3) is 0.500. The summed E-state index contributed by atoms with van der Waals surface area (Å²) in [7, 11) is 0. The number of aryl methyl sites for hydroxylation is 2. The lowest BCUT2D eigenvalue weighted by molar-refractivity contribution is -0.118. The van der Waals surface area contributed by atoms with Crippen molar-refractivity contribution in [3.63, 3.8) is 0 Å². The molecule has 144 valence electrons. The summed E-state index contributed by atoms with van der Waals surface area (Å²) in [6.45, 7) is 6.35. The molecule has 0 amide bonds. The monoisotopic (exact) mass is 367 g/mol. The molecule has 27 heavy (non-hydrogen) atoms. The van der Waals surface area contributed by atoms with Gasteiger partial charge in [-0.2, -0.15) is 0 Å². The van der Waals surface area contributed by atoms with Crippen molar-refractivity contribution >= 4 is 11.6 Å². The van der Waals surface area contributed by atoms with Crippen LogP contribution >= 0.6 is 0 Å². The van der Waals surface area contributed by atoms with Crippen LogP contribution in [-0.4, -0.2) is 33.9 Å². The minimum Gasteiger partial charge on any atom is -0.392 e. The van der Waals surface area contributed by atoms with Gasteiger partial charge in [0.25, 0.3) is 0 Å². The number of carbonyl (C=O) groups excluding carboxylic acids is 1. The molecule has 5 nitrogen and oxygen atoms in total. The molecule has 3 heterocycles. The zero-order valence-corrected chi connectivity index (χ0v) is 16.3. The van der Waals surface area contributed by atoms with Crippen LogP contribution in [0.1, 0.15) is 48.6 Å². The van der Waals surface area contributed by atoms with E-state index in [1.807, 2.05) is 19.1 Å². The summed E-state index contributed by atoms with van der Waals surface area (Å²) in [5.74, 6) is 2.02. The van der Waals surface area contributed by atoms with Gasteiger partial charge in [0.1, 0.15) is 11.6 Å². The van der Waals surface area contributed by atoms with Gasteiger partial charge < -0.3 is 10.0 Å². The van der Waals surface area contributed by atoms with Gasteiger partial charge in [-0.25, -0.2) is 4.98 Å². The van der Waals surface area contributed by atoms with E-state index in [1.165, 1.54) is 12.8 Å². The van der Waals surface area contributed by atoms with Crippen LogP contribution in [0.25, 0.3) is 0 Å². The summed E-state index contributed by atoms with van der Waals surface area (Å²) in [5.41, 5.74) is 3.78. The number of anilines is 1. The molecule has 1 N–H and O–H groups in total. The molecule has 0 saturated carbocycles. The Hall–Kier alpha value is -2.27. The zero-order valence-electron chi connectivity index (χ0n) is 16.3. The lowest BCUT2D eigenvalue weighted by Gasteiger charge is -2.32. The van der Waals surface area contributed by atoms with Crippen molar-refractivity contribution in [1.82, 2.24) is 9.97 Å². The highest BCUT2D eigenvalue weighted by molar-refractivity contribution is 5.81. The Morgan fingerprint density at radius 3 is 2.70 bits per heavy atom. The van der Waals surface area contributed by atoms with Gasteiger partial charge >= 0.3 is 0 Å². The van der Waals surface area contributed by atoms with E-state index in [2.05, 4.69) is 22.9 Å². The van der Waals surface area contributed by atoms with Crippen molar-refractivity contribution in [1.29, 1.82) is 0 Å². The Bertz CT molecular complexity index is 783. The quantitative estimate of drug-likeness (QED) is 0.814. The third kappa shape index (κ3) is 5.36. The standard InChI is InChI=1S/C22H29N3O2/c1-16-7-9-25(10-8-16)22-20(4-3-17(2)24-22)5-6-21(27)12-18-11-19(15-26)14-23-13-18/h3-4,11,13-14,16,26H,5-10,12,15H2,1-2H3. The van der Waals surface area contributed by atoms with E-state index in [4.69, 9.17) is 4.98 Å². The molecule has 0 aromatic carbocycles.